The fraction of sp³-hybridized carbons (Fsp3) is 0.143. The van der Waals surface area contributed by atoms with Gasteiger partial charge in [0.2, 0.25) is 5.95 Å². The van der Waals surface area contributed by atoms with Gasteiger partial charge in [-0.1, -0.05) is 46.6 Å². The van der Waals surface area contributed by atoms with E-state index in [1.54, 1.807) is 31.2 Å². The van der Waals surface area contributed by atoms with E-state index < -0.39 is 0 Å². The summed E-state index contributed by atoms with van der Waals surface area (Å²) < 4.78 is 2.20. The summed E-state index contributed by atoms with van der Waals surface area (Å²) >= 11 is 9.40. The van der Waals surface area contributed by atoms with Gasteiger partial charge in [-0.3, -0.25) is 4.79 Å². The average molecular weight is 471 g/mol. The van der Waals surface area contributed by atoms with Crippen molar-refractivity contribution >= 4 is 44.3 Å². The van der Waals surface area contributed by atoms with Crippen LogP contribution in [-0.4, -0.2) is 19.5 Å². The van der Waals surface area contributed by atoms with Gasteiger partial charge in [0.15, 0.2) is 0 Å². The zero-order valence-electron chi connectivity index (χ0n) is 15.8. The zero-order valence-corrected chi connectivity index (χ0v) is 18.1. The van der Waals surface area contributed by atoms with Gasteiger partial charge in [0.05, 0.1) is 16.6 Å². The molecule has 0 aliphatic rings. The lowest BCUT2D eigenvalue weighted by Crippen LogP contribution is -2.25. The molecule has 8 heteroatoms. The van der Waals surface area contributed by atoms with E-state index in [1.165, 1.54) is 4.57 Å². The fourth-order valence-corrected chi connectivity index (χ4v) is 3.79. The summed E-state index contributed by atoms with van der Waals surface area (Å²) in [5.41, 5.74) is 9.06. The van der Waals surface area contributed by atoms with Crippen molar-refractivity contribution < 1.29 is 0 Å². The average Bonchev–Trinajstić information content (AvgIpc) is 2.69. The molecule has 2 heterocycles. The summed E-state index contributed by atoms with van der Waals surface area (Å²) in [5, 5.41) is 1.12. The minimum atomic E-state index is -0.241. The Morgan fingerprint density at radius 1 is 1.10 bits per heavy atom. The first-order valence-corrected chi connectivity index (χ1v) is 10.2. The fourth-order valence-electron chi connectivity index (χ4n) is 3.30. The van der Waals surface area contributed by atoms with E-state index in [2.05, 4.69) is 30.9 Å². The van der Waals surface area contributed by atoms with Crippen LogP contribution in [0.4, 0.5) is 5.82 Å². The van der Waals surface area contributed by atoms with Crippen LogP contribution in [0.1, 0.15) is 18.4 Å². The van der Waals surface area contributed by atoms with Gasteiger partial charge < -0.3 is 5.73 Å². The first kappa shape index (κ1) is 19.5. The number of benzene rings is 2. The van der Waals surface area contributed by atoms with E-state index in [0.717, 1.165) is 21.3 Å². The van der Waals surface area contributed by atoms with Gasteiger partial charge in [0.25, 0.3) is 5.56 Å². The molecule has 0 aliphatic carbocycles. The van der Waals surface area contributed by atoms with E-state index >= 15 is 0 Å². The molecule has 0 unspecified atom stereocenters. The van der Waals surface area contributed by atoms with Crippen molar-refractivity contribution in [2.75, 3.05) is 5.73 Å². The predicted molar refractivity (Wildman–Crippen MR) is 120 cm³/mol. The van der Waals surface area contributed by atoms with Gasteiger partial charge in [-0.15, -0.1) is 0 Å². The lowest BCUT2D eigenvalue weighted by atomic mass is 10.0. The van der Waals surface area contributed by atoms with Crippen LogP contribution < -0.4 is 11.3 Å². The van der Waals surface area contributed by atoms with Crippen LogP contribution in [0.5, 0.6) is 0 Å². The maximum absolute atomic E-state index is 13.2. The molecule has 4 aromatic rings. The third kappa shape index (κ3) is 3.52. The summed E-state index contributed by atoms with van der Waals surface area (Å²) in [4.78, 5) is 26.8. The van der Waals surface area contributed by atoms with E-state index in [4.69, 9.17) is 17.3 Å². The minimum Gasteiger partial charge on any atom is -0.383 e. The number of nitrogen functional groups attached to an aromatic ring is 1. The molecule has 0 spiro atoms. The smallest absolute Gasteiger partial charge is 0.268 e. The van der Waals surface area contributed by atoms with Crippen LogP contribution in [0.25, 0.3) is 28.0 Å². The first-order valence-electron chi connectivity index (χ1n) is 9.00. The number of anilines is 1. The van der Waals surface area contributed by atoms with Crippen LogP contribution in [0.2, 0.25) is 5.02 Å². The third-order valence-corrected chi connectivity index (χ3v) is 5.41. The van der Waals surface area contributed by atoms with Gasteiger partial charge in [0, 0.05) is 15.1 Å². The Hall–Kier alpha value is -2.77. The Bertz CT molecular complexity index is 1300. The minimum absolute atomic E-state index is 0.217. The molecule has 0 fully saturated rings. The van der Waals surface area contributed by atoms with Crippen molar-refractivity contribution in [1.82, 2.24) is 19.5 Å². The van der Waals surface area contributed by atoms with Gasteiger partial charge in [-0.25, -0.2) is 14.5 Å². The second-order valence-corrected chi connectivity index (χ2v) is 7.90. The van der Waals surface area contributed by atoms with Crippen molar-refractivity contribution in [2.45, 2.75) is 20.3 Å². The Balaban J connectivity index is 1.96. The molecule has 0 saturated carbocycles. The maximum Gasteiger partial charge on any atom is 0.268 e. The molecule has 0 aliphatic heterocycles. The van der Waals surface area contributed by atoms with E-state index in [9.17, 15) is 4.79 Å². The highest BCUT2D eigenvalue weighted by molar-refractivity contribution is 9.10. The highest BCUT2D eigenvalue weighted by atomic mass is 79.9. The number of fused-ring (bicyclic) bond motifs is 1. The van der Waals surface area contributed by atoms with Gasteiger partial charge in [-0.2, -0.15) is 4.98 Å². The number of aryl methyl sites for hydroxylation is 2. The molecule has 146 valence electrons. The van der Waals surface area contributed by atoms with Crippen molar-refractivity contribution in [3.8, 4) is 17.1 Å². The van der Waals surface area contributed by atoms with Crippen LogP contribution in [0.3, 0.4) is 0 Å². The number of halogens is 2. The quantitative estimate of drug-likeness (QED) is 0.468. The second kappa shape index (κ2) is 7.57. The third-order valence-electron chi connectivity index (χ3n) is 4.67. The molecule has 2 aromatic heterocycles. The van der Waals surface area contributed by atoms with Crippen LogP contribution >= 0.6 is 27.5 Å². The molecule has 0 atom stereocenters. The van der Waals surface area contributed by atoms with E-state index in [-0.39, 0.29) is 11.5 Å². The Labute approximate surface area is 180 Å². The molecule has 0 bridgehead atoms. The first-order chi connectivity index (χ1) is 13.9. The maximum atomic E-state index is 13.2. The number of hydrogen-bond donors (Lipinski definition) is 1. The predicted octanol–water partition coefficient (Wildman–Crippen LogP) is 4.71. The molecule has 0 radical (unpaired) electrons. The summed E-state index contributed by atoms with van der Waals surface area (Å²) in [6, 6.07) is 12.7. The van der Waals surface area contributed by atoms with E-state index in [1.807, 2.05) is 25.1 Å². The van der Waals surface area contributed by atoms with Gasteiger partial charge in [0.1, 0.15) is 11.6 Å². The van der Waals surface area contributed by atoms with Gasteiger partial charge in [-0.05, 0) is 49.2 Å². The van der Waals surface area contributed by atoms with Crippen molar-refractivity contribution in [1.29, 1.82) is 0 Å². The Morgan fingerprint density at radius 3 is 2.52 bits per heavy atom. The highest BCUT2D eigenvalue weighted by Crippen LogP contribution is 2.30. The molecular weight excluding hydrogens is 454 g/mol. The number of nitrogens with zero attached hydrogens (tertiary/aromatic N) is 4. The van der Waals surface area contributed by atoms with Crippen LogP contribution in [0, 0.1) is 6.92 Å². The summed E-state index contributed by atoms with van der Waals surface area (Å²) in [5.74, 6) is 1.01. The molecule has 2 N–H and O–H groups in total. The SMILES string of the molecule is CCc1nc(-n2c(C)nc3ccc(Br)cc3c2=O)nc(N)c1-c1ccc(Cl)cc1. The molecule has 0 saturated heterocycles. The number of hydrogen-bond acceptors (Lipinski definition) is 5. The lowest BCUT2D eigenvalue weighted by Gasteiger charge is -2.15. The molecule has 6 nitrogen and oxygen atoms in total. The standard InChI is InChI=1S/C21H17BrClN5O/c1-3-16-18(12-4-7-14(23)8-5-12)19(24)27-21(26-16)28-11(2)25-17-9-6-13(22)10-15(17)20(28)29/h4-10H,3H2,1-2H3,(H2,24,26,27). The van der Waals surface area contributed by atoms with Crippen molar-refractivity contribution in [3.63, 3.8) is 0 Å². The Morgan fingerprint density at radius 2 is 1.83 bits per heavy atom. The van der Waals surface area contributed by atoms with Crippen LogP contribution in [0.15, 0.2) is 51.7 Å². The Kier molecular flexibility index (Phi) is 5.10. The van der Waals surface area contributed by atoms with Crippen molar-refractivity contribution in [3.05, 3.63) is 73.8 Å². The number of nitrogens with two attached hydrogens (primary N) is 1. The summed E-state index contributed by atoms with van der Waals surface area (Å²) in [6.45, 7) is 3.73. The molecule has 0 amide bonds. The highest BCUT2D eigenvalue weighted by Gasteiger charge is 2.18. The summed E-state index contributed by atoms with van der Waals surface area (Å²) in [7, 11) is 0. The molecule has 29 heavy (non-hydrogen) atoms. The zero-order chi connectivity index (χ0) is 20.7. The molecule has 2 aromatic carbocycles. The largest absolute Gasteiger partial charge is 0.383 e. The second-order valence-electron chi connectivity index (χ2n) is 6.55. The monoisotopic (exact) mass is 469 g/mol. The van der Waals surface area contributed by atoms with E-state index in [0.29, 0.717) is 34.0 Å². The number of rotatable bonds is 3. The number of aromatic nitrogens is 4. The topological polar surface area (TPSA) is 86.7 Å². The molecule has 4 rings (SSSR count). The normalized spacial score (nSPS) is 11.2. The van der Waals surface area contributed by atoms with Crippen LogP contribution in [-0.2, 0) is 6.42 Å². The van der Waals surface area contributed by atoms with Crippen molar-refractivity contribution in [2.24, 2.45) is 0 Å². The lowest BCUT2D eigenvalue weighted by molar-refractivity contribution is 0.815. The molecular formula is C21H17BrClN5O. The van der Waals surface area contributed by atoms with Gasteiger partial charge >= 0.3 is 0 Å². The summed E-state index contributed by atoms with van der Waals surface area (Å²) in [6.07, 6.45) is 0.623.